The second kappa shape index (κ2) is 3.68. The summed E-state index contributed by atoms with van der Waals surface area (Å²) in [6.07, 6.45) is 1.05. The first-order valence-electron chi connectivity index (χ1n) is 2.82. The molecule has 0 bridgehead atoms. The molecule has 0 N–H and O–H groups in total. The first-order chi connectivity index (χ1) is 4.27. The molecular formula is C5H9I2O2-. The first kappa shape index (κ1) is 8.48. The number of hydrogen-bond donors (Lipinski definition) is 0. The van der Waals surface area contributed by atoms with Crippen LogP contribution in [0.1, 0.15) is 13.3 Å². The summed E-state index contributed by atoms with van der Waals surface area (Å²) in [6.45, 7) is 3.78. The number of ether oxygens (including phenoxy) is 2. The second-order valence-corrected chi connectivity index (χ2v) is 7.06. The molecule has 0 aliphatic carbocycles. The van der Waals surface area contributed by atoms with Gasteiger partial charge < -0.3 is 0 Å². The summed E-state index contributed by atoms with van der Waals surface area (Å²) in [4.78, 5) is 0. The number of hydrogen-bond acceptors (Lipinski definition) is 2. The van der Waals surface area contributed by atoms with Gasteiger partial charge in [0.15, 0.2) is 0 Å². The first-order valence-corrected chi connectivity index (χ1v) is 10.2. The van der Waals surface area contributed by atoms with E-state index >= 15 is 0 Å². The number of rotatable bonds is 1. The Hall–Kier alpha value is 1.38. The Morgan fingerprint density at radius 1 is 1.44 bits per heavy atom. The average molecular weight is 355 g/mol. The molecule has 2 nitrogen and oxygen atoms in total. The van der Waals surface area contributed by atoms with Crippen LogP contribution >= 0.6 is 18.6 Å². The second-order valence-electron chi connectivity index (χ2n) is 1.96. The average Bonchev–Trinajstić information content (AvgIpc) is 1.90. The molecule has 1 heterocycles. The number of alkyl halides is 1. The van der Waals surface area contributed by atoms with Gasteiger partial charge in [0.05, 0.1) is 0 Å². The van der Waals surface area contributed by atoms with Gasteiger partial charge in [0.1, 0.15) is 0 Å². The van der Waals surface area contributed by atoms with Crippen molar-refractivity contribution in [2.24, 2.45) is 0 Å². The molecule has 0 aromatic rings. The predicted molar refractivity (Wildman–Crippen MR) is 38.9 cm³/mol. The molecule has 0 spiro atoms. The molecule has 9 heavy (non-hydrogen) atoms. The van der Waals surface area contributed by atoms with E-state index in [1.54, 1.807) is 0 Å². The van der Waals surface area contributed by atoms with Crippen molar-refractivity contribution in [2.45, 2.75) is 17.1 Å². The van der Waals surface area contributed by atoms with Crippen LogP contribution in [0.15, 0.2) is 0 Å². The van der Waals surface area contributed by atoms with Gasteiger partial charge in [-0.05, 0) is 0 Å². The predicted octanol–water partition coefficient (Wildman–Crippen LogP) is -1.46. The van der Waals surface area contributed by atoms with Crippen LogP contribution in [-0.2, 0) is 9.47 Å². The van der Waals surface area contributed by atoms with E-state index in [0.29, 0.717) is 0 Å². The molecule has 1 aliphatic rings. The van der Waals surface area contributed by atoms with Gasteiger partial charge in [-0.25, -0.2) is 0 Å². The fraction of sp³-hybridized carbons (Fsp3) is 1.00. The van der Waals surface area contributed by atoms with Gasteiger partial charge in [-0.1, -0.05) is 0 Å². The molecule has 4 heteroatoms. The maximum atomic E-state index is 5.43. The van der Waals surface area contributed by atoms with E-state index in [2.05, 4.69) is 18.6 Å². The van der Waals surface area contributed by atoms with Gasteiger partial charge in [-0.15, -0.1) is 0 Å². The van der Waals surface area contributed by atoms with E-state index in [0.717, 1.165) is 19.6 Å². The molecular weight excluding hydrogens is 346 g/mol. The van der Waals surface area contributed by atoms with Crippen LogP contribution in [0.5, 0.6) is 0 Å². The Morgan fingerprint density at radius 2 is 2.00 bits per heavy atom. The minimum absolute atomic E-state index is 0.0282. The summed E-state index contributed by atoms with van der Waals surface area (Å²) in [6, 6.07) is 0. The van der Waals surface area contributed by atoms with Crippen molar-refractivity contribution in [3.05, 3.63) is 0 Å². The van der Waals surface area contributed by atoms with E-state index in [1.807, 2.05) is 6.92 Å². The molecule has 0 aromatic heterocycles. The van der Waals surface area contributed by atoms with Crippen molar-refractivity contribution >= 4 is 18.6 Å². The van der Waals surface area contributed by atoms with Crippen molar-refractivity contribution < 1.29 is 26.7 Å². The van der Waals surface area contributed by atoms with Crippen molar-refractivity contribution in [3.63, 3.8) is 0 Å². The van der Waals surface area contributed by atoms with Crippen LogP contribution in [0, 0.1) is 0 Å². The summed E-state index contributed by atoms with van der Waals surface area (Å²) >= 11 is 2.41. The van der Waals surface area contributed by atoms with Gasteiger partial charge in [0, 0.05) is 0 Å². The molecule has 1 saturated heterocycles. The van der Waals surface area contributed by atoms with E-state index < -0.39 is 0 Å². The minimum atomic E-state index is -0.183. The van der Waals surface area contributed by atoms with Crippen molar-refractivity contribution in [1.29, 1.82) is 0 Å². The molecule has 0 unspecified atom stereocenters. The van der Waals surface area contributed by atoms with Crippen molar-refractivity contribution in [1.82, 2.24) is 0 Å². The zero-order chi connectivity index (χ0) is 6.74. The summed E-state index contributed by atoms with van der Waals surface area (Å²) in [5.74, 6) is 0. The molecule has 0 aromatic carbocycles. The van der Waals surface area contributed by atoms with Crippen LogP contribution in [0.2, 0.25) is 0 Å². The maximum absolute atomic E-state index is 5.43. The van der Waals surface area contributed by atoms with E-state index in [1.165, 1.54) is 0 Å². The fourth-order valence-corrected chi connectivity index (χ4v) is 2.91. The Labute approximate surface area is 75.1 Å². The topological polar surface area (TPSA) is 18.5 Å². The summed E-state index contributed by atoms with van der Waals surface area (Å²) in [5.41, 5.74) is 0. The van der Waals surface area contributed by atoms with Crippen LogP contribution < -0.4 is 17.2 Å². The fourth-order valence-electron chi connectivity index (χ4n) is 0.651. The number of halogens is 2. The van der Waals surface area contributed by atoms with E-state index in [9.17, 15) is 0 Å². The molecule has 0 radical (unpaired) electrons. The zero-order valence-corrected chi connectivity index (χ0v) is 9.51. The van der Waals surface area contributed by atoms with Crippen LogP contribution in [0.25, 0.3) is 0 Å². The molecule has 1 fully saturated rings. The standard InChI is InChI=1S/C5H9I2O2/c1-5(7-6)8-3-2-4-9-5/h2-4H2,1H3/q-1. The summed E-state index contributed by atoms with van der Waals surface area (Å²) in [7, 11) is 0. The normalized spacial score (nSPS) is 26.4. The van der Waals surface area contributed by atoms with Gasteiger partial charge in [0.2, 0.25) is 0 Å². The van der Waals surface area contributed by atoms with Crippen LogP contribution in [0.4, 0.5) is 0 Å². The molecule has 1 rings (SSSR count). The molecule has 0 amide bonds. The quantitative estimate of drug-likeness (QED) is 0.423. The summed E-state index contributed by atoms with van der Waals surface area (Å²) < 4.78 is 10.7. The van der Waals surface area contributed by atoms with Crippen molar-refractivity contribution in [2.75, 3.05) is 13.2 Å². The Morgan fingerprint density at radius 3 is 2.33 bits per heavy atom. The Kier molecular flexibility index (Phi) is 3.47. The van der Waals surface area contributed by atoms with E-state index in [-0.39, 0.29) is 21.0 Å². The third-order valence-electron chi connectivity index (χ3n) is 1.14. The summed E-state index contributed by atoms with van der Waals surface area (Å²) in [5, 5.41) is 0. The Bertz CT molecular complexity index is 91.0. The van der Waals surface area contributed by atoms with Gasteiger partial charge in [-0.2, -0.15) is 0 Å². The van der Waals surface area contributed by atoms with Gasteiger partial charge in [-0.3, -0.25) is 0 Å². The van der Waals surface area contributed by atoms with E-state index in [4.69, 9.17) is 9.47 Å². The van der Waals surface area contributed by atoms with Gasteiger partial charge >= 0.3 is 75.7 Å². The van der Waals surface area contributed by atoms with Crippen LogP contribution in [0.3, 0.4) is 0 Å². The molecule has 0 atom stereocenters. The molecule has 1 aliphatic heterocycles. The molecule has 0 saturated carbocycles. The van der Waals surface area contributed by atoms with Crippen LogP contribution in [-0.4, -0.2) is 17.0 Å². The zero-order valence-electron chi connectivity index (χ0n) is 5.19. The van der Waals surface area contributed by atoms with Gasteiger partial charge in [0.25, 0.3) is 0 Å². The monoisotopic (exact) mass is 355 g/mol. The van der Waals surface area contributed by atoms with Crippen molar-refractivity contribution in [3.8, 4) is 0 Å². The third-order valence-corrected chi connectivity index (χ3v) is 7.47. The molecule has 56 valence electrons. The SMILES string of the molecule is CC1([I-]I)OCCCO1. The third kappa shape index (κ3) is 2.47. The Balaban J connectivity index is 2.37.